The molecule has 0 saturated heterocycles. The van der Waals surface area contributed by atoms with Crippen LogP contribution in [0.5, 0.6) is 0 Å². The fraction of sp³-hybridized carbons (Fsp3) is 0.278. The Hall–Kier alpha value is -1.74. The van der Waals surface area contributed by atoms with E-state index in [1.165, 1.54) is 16.1 Å². The highest BCUT2D eigenvalue weighted by atomic mass is 32.2. The molecule has 3 heteroatoms. The number of benzene rings is 2. The average molecular weight is 295 g/mol. The summed E-state index contributed by atoms with van der Waals surface area (Å²) in [7, 11) is 0. The number of rotatable bonds is 2. The second kappa shape index (κ2) is 4.92. The minimum absolute atomic E-state index is 0.0692. The van der Waals surface area contributed by atoms with Gasteiger partial charge in [-0.05, 0) is 31.0 Å². The maximum Gasteiger partial charge on any atom is 0.169 e. The molecule has 0 spiro atoms. The van der Waals surface area contributed by atoms with Gasteiger partial charge in [-0.2, -0.15) is 0 Å². The molecular weight excluding hydrogens is 278 g/mol. The third kappa shape index (κ3) is 1.91. The summed E-state index contributed by atoms with van der Waals surface area (Å²) in [5.74, 6) is 0.383. The average Bonchev–Trinajstić information content (AvgIpc) is 3.05. The third-order valence-electron chi connectivity index (χ3n) is 4.47. The van der Waals surface area contributed by atoms with Crippen molar-refractivity contribution < 1.29 is 4.79 Å². The van der Waals surface area contributed by atoms with Crippen LogP contribution in [0.3, 0.4) is 0 Å². The van der Waals surface area contributed by atoms with Crippen molar-refractivity contribution >= 4 is 23.2 Å². The first kappa shape index (κ1) is 13.0. The minimum Gasteiger partial charge on any atom is -0.358 e. The molecule has 1 heterocycles. The molecule has 2 atom stereocenters. The topological polar surface area (TPSA) is 20.3 Å². The molecule has 1 aliphatic heterocycles. The first-order chi connectivity index (χ1) is 10.3. The number of carbonyl (C=O) groups excluding carboxylic acids is 1. The molecule has 0 aromatic heterocycles. The van der Waals surface area contributed by atoms with Gasteiger partial charge in [-0.3, -0.25) is 4.79 Å². The van der Waals surface area contributed by atoms with Gasteiger partial charge in [0.2, 0.25) is 0 Å². The van der Waals surface area contributed by atoms with Crippen LogP contribution in [0.25, 0.3) is 0 Å². The fourth-order valence-electron chi connectivity index (χ4n) is 3.47. The van der Waals surface area contributed by atoms with Gasteiger partial charge in [-0.15, -0.1) is 0 Å². The number of fused-ring (bicyclic) bond motifs is 2. The van der Waals surface area contributed by atoms with Crippen molar-refractivity contribution in [2.45, 2.75) is 23.6 Å². The Labute approximate surface area is 129 Å². The van der Waals surface area contributed by atoms with Crippen molar-refractivity contribution in [3.8, 4) is 0 Å². The highest BCUT2D eigenvalue weighted by molar-refractivity contribution is 8.00. The number of hydrogen-bond acceptors (Lipinski definition) is 3. The Bertz CT molecular complexity index is 712. The lowest BCUT2D eigenvalue weighted by Gasteiger charge is -2.28. The van der Waals surface area contributed by atoms with Crippen molar-refractivity contribution in [1.29, 1.82) is 0 Å². The fourth-order valence-corrected chi connectivity index (χ4v) is 4.97. The first-order valence-corrected chi connectivity index (χ1v) is 8.32. The Morgan fingerprint density at radius 2 is 1.90 bits per heavy atom. The van der Waals surface area contributed by atoms with E-state index in [0.29, 0.717) is 5.78 Å². The number of thioether (sulfide) groups is 1. The van der Waals surface area contributed by atoms with Crippen molar-refractivity contribution in [3.05, 3.63) is 59.7 Å². The van der Waals surface area contributed by atoms with E-state index in [1.807, 2.05) is 30.0 Å². The monoisotopic (exact) mass is 295 g/mol. The number of Topliss-reactive ketones (excluding diaryl/α,β-unsaturated/α-hetero) is 1. The van der Waals surface area contributed by atoms with E-state index in [0.717, 1.165) is 18.5 Å². The quantitative estimate of drug-likeness (QED) is 0.835. The van der Waals surface area contributed by atoms with Gasteiger partial charge in [-0.25, -0.2) is 0 Å². The summed E-state index contributed by atoms with van der Waals surface area (Å²) in [5.41, 5.74) is 3.41. The summed E-state index contributed by atoms with van der Waals surface area (Å²) in [6.07, 6.45) is 0.872. The Balaban J connectivity index is 1.69. The molecule has 21 heavy (non-hydrogen) atoms. The normalized spacial score (nSPS) is 23.3. The van der Waals surface area contributed by atoms with E-state index in [9.17, 15) is 4.79 Å². The molecule has 2 aromatic rings. The molecule has 106 valence electrons. The second-order valence-corrected chi connectivity index (χ2v) is 6.75. The molecule has 0 saturated carbocycles. The lowest BCUT2D eigenvalue weighted by atomic mass is 10.0. The molecule has 2 unspecified atom stereocenters. The zero-order valence-electron chi connectivity index (χ0n) is 12.0. The largest absolute Gasteiger partial charge is 0.358 e. The van der Waals surface area contributed by atoms with Crippen LogP contribution in [-0.4, -0.2) is 17.7 Å². The van der Waals surface area contributed by atoms with Crippen LogP contribution in [0.2, 0.25) is 0 Å². The summed E-state index contributed by atoms with van der Waals surface area (Å²) in [6.45, 7) is 3.11. The Morgan fingerprint density at radius 3 is 2.71 bits per heavy atom. The molecular formula is C18H17NOS. The zero-order chi connectivity index (χ0) is 14.4. The van der Waals surface area contributed by atoms with Gasteiger partial charge in [0.25, 0.3) is 0 Å². The molecule has 1 aliphatic carbocycles. The predicted octanol–water partition coefficient (Wildman–Crippen LogP) is 4.00. The van der Waals surface area contributed by atoms with Gasteiger partial charge >= 0.3 is 0 Å². The van der Waals surface area contributed by atoms with Gasteiger partial charge in [0, 0.05) is 17.0 Å². The van der Waals surface area contributed by atoms with Crippen LogP contribution in [-0.2, 0) is 6.42 Å². The van der Waals surface area contributed by atoms with Gasteiger partial charge in [0.1, 0.15) is 0 Å². The van der Waals surface area contributed by atoms with Gasteiger partial charge in [0.15, 0.2) is 5.78 Å². The lowest BCUT2D eigenvalue weighted by molar-refractivity contribution is 0.0934. The molecule has 2 aliphatic rings. The van der Waals surface area contributed by atoms with E-state index < -0.39 is 0 Å². The molecule has 0 fully saturated rings. The standard InChI is InChI=1S/C18H17NOS/c1-2-19-15-9-5-6-10-16(15)21-18(19)14-11-12-7-3-4-8-13(12)17(14)20/h3-10,14,18H,2,11H2,1H3. The van der Waals surface area contributed by atoms with E-state index in [-0.39, 0.29) is 11.3 Å². The number of nitrogens with zero attached hydrogens (tertiary/aromatic N) is 1. The van der Waals surface area contributed by atoms with Crippen molar-refractivity contribution in [2.24, 2.45) is 5.92 Å². The lowest BCUT2D eigenvalue weighted by Crippen LogP contribution is -2.37. The Morgan fingerprint density at radius 1 is 1.14 bits per heavy atom. The van der Waals surface area contributed by atoms with Crippen LogP contribution in [0.1, 0.15) is 22.8 Å². The third-order valence-corrected chi connectivity index (χ3v) is 5.90. The van der Waals surface area contributed by atoms with Crippen molar-refractivity contribution in [2.75, 3.05) is 11.4 Å². The van der Waals surface area contributed by atoms with Gasteiger partial charge < -0.3 is 4.90 Å². The number of ketones is 1. The number of hydrogen-bond donors (Lipinski definition) is 0. The molecule has 0 N–H and O–H groups in total. The number of para-hydroxylation sites is 1. The summed E-state index contributed by atoms with van der Waals surface area (Å²) in [6, 6.07) is 16.5. The molecule has 0 bridgehead atoms. The van der Waals surface area contributed by atoms with Crippen LogP contribution >= 0.6 is 11.8 Å². The second-order valence-electron chi connectivity index (χ2n) is 5.59. The van der Waals surface area contributed by atoms with E-state index in [1.54, 1.807) is 0 Å². The SMILES string of the molecule is CCN1c2ccccc2SC1C1Cc2ccccc2C1=O. The summed E-state index contributed by atoms with van der Waals surface area (Å²) in [4.78, 5) is 16.4. The molecule has 4 rings (SSSR count). The van der Waals surface area contributed by atoms with Gasteiger partial charge in [-0.1, -0.05) is 48.2 Å². The molecule has 0 amide bonds. The van der Waals surface area contributed by atoms with Crippen molar-refractivity contribution in [3.63, 3.8) is 0 Å². The zero-order valence-corrected chi connectivity index (χ0v) is 12.8. The smallest absolute Gasteiger partial charge is 0.169 e. The van der Waals surface area contributed by atoms with E-state index >= 15 is 0 Å². The molecule has 0 radical (unpaired) electrons. The minimum atomic E-state index is 0.0692. The van der Waals surface area contributed by atoms with E-state index in [2.05, 4.69) is 42.2 Å². The summed E-state index contributed by atoms with van der Waals surface area (Å²) < 4.78 is 0. The first-order valence-electron chi connectivity index (χ1n) is 7.44. The maximum absolute atomic E-state index is 12.8. The van der Waals surface area contributed by atoms with Crippen LogP contribution in [0, 0.1) is 5.92 Å². The molecule has 2 aromatic carbocycles. The molecule has 2 nitrogen and oxygen atoms in total. The van der Waals surface area contributed by atoms with Gasteiger partial charge in [0.05, 0.1) is 17.0 Å². The summed E-state index contributed by atoms with van der Waals surface area (Å²) in [5, 5.41) is 0.229. The van der Waals surface area contributed by atoms with Crippen LogP contribution < -0.4 is 4.90 Å². The van der Waals surface area contributed by atoms with Crippen LogP contribution in [0.4, 0.5) is 5.69 Å². The van der Waals surface area contributed by atoms with Crippen molar-refractivity contribution in [1.82, 2.24) is 0 Å². The van der Waals surface area contributed by atoms with E-state index in [4.69, 9.17) is 0 Å². The predicted molar refractivity (Wildman–Crippen MR) is 87.1 cm³/mol. The highest BCUT2D eigenvalue weighted by Gasteiger charge is 2.42. The highest BCUT2D eigenvalue weighted by Crippen LogP contribution is 2.48. The number of anilines is 1. The number of carbonyl (C=O) groups is 1. The maximum atomic E-state index is 12.8. The van der Waals surface area contributed by atoms with Crippen LogP contribution in [0.15, 0.2) is 53.4 Å². The summed E-state index contributed by atoms with van der Waals surface area (Å²) >= 11 is 1.85. The Kier molecular flexibility index (Phi) is 3.03.